The Morgan fingerprint density at radius 3 is 2.50 bits per heavy atom. The van der Waals surface area contributed by atoms with Crippen molar-refractivity contribution in [1.29, 1.82) is 0 Å². The van der Waals surface area contributed by atoms with Gasteiger partial charge in [0.05, 0.1) is 0 Å². The summed E-state index contributed by atoms with van der Waals surface area (Å²) in [6, 6.07) is 12.4. The monoisotopic (exact) mass is 371 g/mol. The average molecular weight is 373 g/mol. The standard InChI is InChI=1S/C14H12Br2FN/c15-11-5-10(6-12(17)8-11)14(18)7-9-3-1-2-4-13(9)16/h1-6,8,14H,7,18H2. The summed E-state index contributed by atoms with van der Waals surface area (Å²) in [7, 11) is 0. The molecule has 0 saturated carbocycles. The van der Waals surface area contributed by atoms with Crippen LogP contribution in [0.5, 0.6) is 0 Å². The minimum absolute atomic E-state index is 0.226. The van der Waals surface area contributed by atoms with Gasteiger partial charge in [0.15, 0.2) is 0 Å². The Kier molecular flexibility index (Phi) is 4.54. The van der Waals surface area contributed by atoms with Gasteiger partial charge < -0.3 is 5.73 Å². The molecule has 0 bridgehead atoms. The molecule has 0 fully saturated rings. The topological polar surface area (TPSA) is 26.0 Å². The zero-order chi connectivity index (χ0) is 13.1. The molecule has 0 aliphatic heterocycles. The molecule has 94 valence electrons. The molecule has 0 amide bonds. The second kappa shape index (κ2) is 5.95. The molecule has 1 nitrogen and oxygen atoms in total. The number of nitrogens with two attached hydrogens (primary N) is 1. The zero-order valence-corrected chi connectivity index (χ0v) is 12.7. The Labute approximate surface area is 122 Å². The van der Waals surface area contributed by atoms with Gasteiger partial charge in [-0.2, -0.15) is 0 Å². The van der Waals surface area contributed by atoms with Crippen LogP contribution in [-0.2, 0) is 6.42 Å². The van der Waals surface area contributed by atoms with E-state index in [-0.39, 0.29) is 11.9 Å². The molecule has 1 atom stereocenters. The summed E-state index contributed by atoms with van der Waals surface area (Å²) >= 11 is 6.76. The van der Waals surface area contributed by atoms with Gasteiger partial charge in [-0.1, -0.05) is 50.1 Å². The van der Waals surface area contributed by atoms with Crippen molar-refractivity contribution >= 4 is 31.9 Å². The van der Waals surface area contributed by atoms with Gasteiger partial charge in [0.25, 0.3) is 0 Å². The first-order valence-electron chi connectivity index (χ1n) is 5.51. The van der Waals surface area contributed by atoms with Crippen LogP contribution in [0.4, 0.5) is 4.39 Å². The van der Waals surface area contributed by atoms with Gasteiger partial charge in [-0.3, -0.25) is 0 Å². The van der Waals surface area contributed by atoms with Crippen molar-refractivity contribution in [2.24, 2.45) is 5.73 Å². The summed E-state index contributed by atoms with van der Waals surface area (Å²) in [5.74, 6) is -0.276. The highest BCUT2D eigenvalue weighted by atomic mass is 79.9. The lowest BCUT2D eigenvalue weighted by molar-refractivity contribution is 0.617. The number of rotatable bonds is 3. The Balaban J connectivity index is 2.22. The first-order chi connectivity index (χ1) is 8.56. The van der Waals surface area contributed by atoms with Crippen molar-refractivity contribution < 1.29 is 4.39 Å². The fraction of sp³-hybridized carbons (Fsp3) is 0.143. The maximum Gasteiger partial charge on any atom is 0.124 e. The van der Waals surface area contributed by atoms with E-state index in [4.69, 9.17) is 5.73 Å². The van der Waals surface area contributed by atoms with Crippen LogP contribution in [0.1, 0.15) is 17.2 Å². The molecular formula is C14H12Br2FN. The molecule has 0 aliphatic carbocycles. The van der Waals surface area contributed by atoms with E-state index in [0.717, 1.165) is 15.6 Å². The van der Waals surface area contributed by atoms with E-state index in [2.05, 4.69) is 31.9 Å². The van der Waals surface area contributed by atoms with Crippen LogP contribution in [0.25, 0.3) is 0 Å². The Bertz CT molecular complexity index is 537. The Hall–Kier alpha value is -0.710. The van der Waals surface area contributed by atoms with E-state index in [1.54, 1.807) is 0 Å². The molecular weight excluding hydrogens is 361 g/mol. The van der Waals surface area contributed by atoms with E-state index < -0.39 is 0 Å². The summed E-state index contributed by atoms with van der Waals surface area (Å²) in [4.78, 5) is 0. The third kappa shape index (κ3) is 3.40. The van der Waals surface area contributed by atoms with Gasteiger partial charge in [0.1, 0.15) is 5.82 Å². The van der Waals surface area contributed by atoms with Crippen LogP contribution < -0.4 is 5.73 Å². The van der Waals surface area contributed by atoms with E-state index >= 15 is 0 Å². The molecule has 0 saturated heterocycles. The molecule has 1 unspecified atom stereocenters. The lowest BCUT2D eigenvalue weighted by Crippen LogP contribution is -2.14. The van der Waals surface area contributed by atoms with Crippen LogP contribution >= 0.6 is 31.9 Å². The lowest BCUT2D eigenvalue weighted by Gasteiger charge is -2.14. The largest absolute Gasteiger partial charge is 0.324 e. The van der Waals surface area contributed by atoms with E-state index in [1.807, 2.05) is 30.3 Å². The number of hydrogen-bond donors (Lipinski definition) is 1. The van der Waals surface area contributed by atoms with Crippen LogP contribution in [0.3, 0.4) is 0 Å². The molecule has 0 spiro atoms. The maximum atomic E-state index is 13.3. The summed E-state index contributed by atoms with van der Waals surface area (Å²) in [6.07, 6.45) is 0.664. The molecule has 2 aromatic carbocycles. The highest BCUT2D eigenvalue weighted by molar-refractivity contribution is 9.10. The van der Waals surface area contributed by atoms with Gasteiger partial charge in [-0.25, -0.2) is 4.39 Å². The van der Waals surface area contributed by atoms with Crippen LogP contribution in [0.2, 0.25) is 0 Å². The number of halogens is 3. The summed E-state index contributed by atoms with van der Waals surface area (Å²) in [6.45, 7) is 0. The van der Waals surface area contributed by atoms with Crippen molar-refractivity contribution in [3.63, 3.8) is 0 Å². The van der Waals surface area contributed by atoms with Crippen LogP contribution in [-0.4, -0.2) is 0 Å². The average Bonchev–Trinajstić information content (AvgIpc) is 2.31. The van der Waals surface area contributed by atoms with Crippen molar-refractivity contribution in [1.82, 2.24) is 0 Å². The van der Waals surface area contributed by atoms with E-state index in [1.165, 1.54) is 12.1 Å². The Morgan fingerprint density at radius 2 is 1.83 bits per heavy atom. The predicted molar refractivity (Wildman–Crippen MR) is 78.9 cm³/mol. The first kappa shape index (κ1) is 13.7. The van der Waals surface area contributed by atoms with Gasteiger partial charge in [0.2, 0.25) is 0 Å². The smallest absolute Gasteiger partial charge is 0.124 e. The minimum atomic E-state index is -0.276. The molecule has 4 heteroatoms. The molecule has 18 heavy (non-hydrogen) atoms. The predicted octanol–water partition coefficient (Wildman–Crippen LogP) is 4.59. The van der Waals surface area contributed by atoms with Gasteiger partial charge in [0, 0.05) is 15.0 Å². The first-order valence-corrected chi connectivity index (χ1v) is 7.10. The van der Waals surface area contributed by atoms with Crippen LogP contribution in [0, 0.1) is 5.82 Å². The summed E-state index contributed by atoms with van der Waals surface area (Å²) in [5, 5.41) is 0. The maximum absolute atomic E-state index is 13.3. The fourth-order valence-electron chi connectivity index (χ4n) is 1.81. The quantitative estimate of drug-likeness (QED) is 0.837. The number of benzene rings is 2. The zero-order valence-electron chi connectivity index (χ0n) is 9.54. The molecule has 2 rings (SSSR count). The number of hydrogen-bond acceptors (Lipinski definition) is 1. The third-order valence-corrected chi connectivity index (χ3v) is 3.94. The van der Waals surface area contributed by atoms with Crippen molar-refractivity contribution in [3.05, 3.63) is 68.4 Å². The normalized spacial score (nSPS) is 12.4. The molecule has 0 radical (unpaired) electrons. The molecule has 2 aromatic rings. The van der Waals surface area contributed by atoms with Gasteiger partial charge in [-0.05, 0) is 41.8 Å². The molecule has 0 aliphatic rings. The van der Waals surface area contributed by atoms with E-state index in [0.29, 0.717) is 10.9 Å². The van der Waals surface area contributed by atoms with E-state index in [9.17, 15) is 4.39 Å². The fourth-order valence-corrected chi connectivity index (χ4v) is 2.74. The van der Waals surface area contributed by atoms with Crippen molar-refractivity contribution in [2.45, 2.75) is 12.5 Å². The van der Waals surface area contributed by atoms with Crippen LogP contribution in [0.15, 0.2) is 51.4 Å². The van der Waals surface area contributed by atoms with Gasteiger partial charge in [-0.15, -0.1) is 0 Å². The third-order valence-electron chi connectivity index (χ3n) is 2.71. The van der Waals surface area contributed by atoms with Crippen molar-refractivity contribution in [3.8, 4) is 0 Å². The molecule has 0 heterocycles. The van der Waals surface area contributed by atoms with Crippen molar-refractivity contribution in [2.75, 3.05) is 0 Å². The highest BCUT2D eigenvalue weighted by Crippen LogP contribution is 2.24. The van der Waals surface area contributed by atoms with Gasteiger partial charge >= 0.3 is 0 Å². The minimum Gasteiger partial charge on any atom is -0.324 e. The SMILES string of the molecule is NC(Cc1ccccc1Br)c1cc(F)cc(Br)c1. The highest BCUT2D eigenvalue weighted by Gasteiger charge is 2.11. The Morgan fingerprint density at radius 1 is 1.11 bits per heavy atom. The summed E-state index contributed by atoms with van der Waals surface area (Å²) in [5.41, 5.74) is 8.03. The molecule has 0 aromatic heterocycles. The second-order valence-corrected chi connectivity index (χ2v) is 5.87. The molecule has 2 N–H and O–H groups in total. The lowest BCUT2D eigenvalue weighted by atomic mass is 10.00. The summed E-state index contributed by atoms with van der Waals surface area (Å²) < 4.78 is 15.0. The second-order valence-electron chi connectivity index (χ2n) is 4.10.